The summed E-state index contributed by atoms with van der Waals surface area (Å²) in [5, 5.41) is 1.05. The van der Waals surface area contributed by atoms with Crippen molar-refractivity contribution in [3.63, 3.8) is 0 Å². The first kappa shape index (κ1) is 17.7. The van der Waals surface area contributed by atoms with E-state index in [1.165, 1.54) is 23.8 Å². The van der Waals surface area contributed by atoms with Crippen LogP contribution < -0.4 is 4.57 Å². The molecule has 0 saturated heterocycles. The van der Waals surface area contributed by atoms with E-state index < -0.39 is 0 Å². The lowest BCUT2D eigenvalue weighted by Crippen LogP contribution is -2.31. The minimum Gasteiger partial charge on any atom is -0.455 e. The van der Waals surface area contributed by atoms with Gasteiger partial charge in [-0.3, -0.25) is 0 Å². The molecule has 2 heterocycles. The van der Waals surface area contributed by atoms with Crippen LogP contribution in [0.4, 0.5) is 8.78 Å². The van der Waals surface area contributed by atoms with Gasteiger partial charge in [-0.15, -0.1) is 0 Å². The Morgan fingerprint density at radius 3 is 2.41 bits per heavy atom. The van der Waals surface area contributed by atoms with E-state index in [1.54, 1.807) is 6.92 Å². The van der Waals surface area contributed by atoms with Gasteiger partial charge in [-0.2, -0.15) is 0 Å². The molecule has 0 saturated carbocycles. The number of hydrogen-bond donors (Lipinski definition) is 0. The third-order valence-electron chi connectivity index (χ3n) is 5.25. The van der Waals surface area contributed by atoms with Gasteiger partial charge in [0.15, 0.2) is 11.8 Å². The Kier molecular flexibility index (Phi) is 4.02. The lowest BCUT2D eigenvalue weighted by atomic mass is 9.96. The minimum atomic E-state index is -0.384. The molecule has 0 unspecified atom stereocenters. The molecule has 138 valence electrons. The first-order valence-corrected chi connectivity index (χ1v) is 9.09. The third-order valence-corrected chi connectivity index (χ3v) is 5.25. The molecule has 0 aliphatic carbocycles. The van der Waals surface area contributed by atoms with Crippen molar-refractivity contribution < 1.29 is 17.8 Å². The smallest absolute Gasteiger partial charge is 0.216 e. The average molecular weight is 366 g/mol. The van der Waals surface area contributed by atoms with Crippen LogP contribution in [0.25, 0.3) is 33.2 Å². The summed E-state index contributed by atoms with van der Waals surface area (Å²) < 4.78 is 36.8. The van der Waals surface area contributed by atoms with Gasteiger partial charge >= 0.3 is 0 Å². The second-order valence-corrected chi connectivity index (χ2v) is 7.56. The maximum Gasteiger partial charge on any atom is 0.216 e. The number of nitrogens with zero attached hydrogens (tertiary/aromatic N) is 1. The molecule has 2 aromatic carbocycles. The molecule has 0 radical (unpaired) electrons. The fraction of sp³-hybridized carbons (Fsp3) is 0.261. The summed E-state index contributed by atoms with van der Waals surface area (Å²) in [5.74, 6) is -0.360. The highest BCUT2D eigenvalue weighted by Gasteiger charge is 2.25. The van der Waals surface area contributed by atoms with E-state index in [9.17, 15) is 8.78 Å². The van der Waals surface area contributed by atoms with Gasteiger partial charge < -0.3 is 4.42 Å². The molecule has 2 aromatic heterocycles. The van der Waals surface area contributed by atoms with Gasteiger partial charge in [0, 0.05) is 23.6 Å². The fourth-order valence-electron chi connectivity index (χ4n) is 3.82. The molecule has 0 spiro atoms. The Balaban J connectivity index is 2.17. The first-order valence-electron chi connectivity index (χ1n) is 9.09. The molecule has 4 aromatic rings. The summed E-state index contributed by atoms with van der Waals surface area (Å²) in [6.45, 7) is 7.93. The Labute approximate surface area is 157 Å². The number of fused-ring (bicyclic) bond motifs is 3. The zero-order valence-electron chi connectivity index (χ0n) is 16.2. The molecular weight excluding hydrogens is 344 g/mol. The Hall–Kier alpha value is -2.75. The SMILES string of the molecule is Cc1cc(F)c2c(oc3cc(F)cc(C)c32)c1-c1cc(C(C)C)cc[n+]1C. The number of aromatic nitrogens is 1. The quantitative estimate of drug-likeness (QED) is 0.392. The van der Waals surface area contributed by atoms with Gasteiger partial charge in [0.2, 0.25) is 5.69 Å². The molecule has 2 nitrogen and oxygen atoms in total. The molecule has 0 amide bonds. The highest BCUT2D eigenvalue weighted by Crippen LogP contribution is 2.40. The zero-order chi connectivity index (χ0) is 19.5. The maximum atomic E-state index is 14.9. The van der Waals surface area contributed by atoms with E-state index in [4.69, 9.17) is 4.42 Å². The van der Waals surface area contributed by atoms with Gasteiger partial charge in [-0.25, -0.2) is 13.3 Å². The van der Waals surface area contributed by atoms with Crippen molar-refractivity contribution in [2.24, 2.45) is 7.05 Å². The second-order valence-electron chi connectivity index (χ2n) is 7.56. The van der Waals surface area contributed by atoms with Crippen LogP contribution in [0.5, 0.6) is 0 Å². The van der Waals surface area contributed by atoms with E-state index in [0.717, 1.165) is 16.8 Å². The number of furan rings is 1. The maximum absolute atomic E-state index is 14.9. The largest absolute Gasteiger partial charge is 0.455 e. The molecule has 0 bridgehead atoms. The second kappa shape index (κ2) is 6.15. The molecule has 4 rings (SSSR count). The van der Waals surface area contributed by atoms with Crippen LogP contribution in [-0.2, 0) is 7.05 Å². The predicted octanol–water partition coefficient (Wildman–Crippen LogP) is 6.10. The van der Waals surface area contributed by atoms with Crippen molar-refractivity contribution in [1.82, 2.24) is 0 Å². The van der Waals surface area contributed by atoms with Gasteiger partial charge in [-0.05, 0) is 48.6 Å². The van der Waals surface area contributed by atoms with E-state index in [2.05, 4.69) is 26.0 Å². The molecular formula is C23H22F2NO+. The van der Waals surface area contributed by atoms with Crippen LogP contribution in [0, 0.1) is 25.5 Å². The summed E-state index contributed by atoms with van der Waals surface area (Å²) in [7, 11) is 1.96. The Morgan fingerprint density at radius 2 is 1.70 bits per heavy atom. The van der Waals surface area contributed by atoms with Crippen LogP contribution >= 0.6 is 0 Å². The number of aryl methyl sites for hydroxylation is 3. The summed E-state index contributed by atoms with van der Waals surface area (Å²) in [6.07, 6.45) is 2.01. The van der Waals surface area contributed by atoms with Crippen LogP contribution in [0.3, 0.4) is 0 Å². The van der Waals surface area contributed by atoms with E-state index in [1.807, 2.05) is 24.7 Å². The number of pyridine rings is 1. The number of hydrogen-bond acceptors (Lipinski definition) is 1. The molecule has 0 fully saturated rings. The minimum absolute atomic E-state index is 0.345. The van der Waals surface area contributed by atoms with Gasteiger partial charge in [0.05, 0.1) is 10.9 Å². The van der Waals surface area contributed by atoms with E-state index in [-0.39, 0.29) is 11.6 Å². The Bertz CT molecular complexity index is 1200. The monoisotopic (exact) mass is 366 g/mol. The highest BCUT2D eigenvalue weighted by atomic mass is 19.1. The van der Waals surface area contributed by atoms with Crippen LogP contribution in [0.2, 0.25) is 0 Å². The number of halogens is 2. The lowest BCUT2D eigenvalue weighted by Gasteiger charge is -2.10. The third kappa shape index (κ3) is 2.71. The molecule has 0 atom stereocenters. The van der Waals surface area contributed by atoms with Gasteiger partial charge in [-0.1, -0.05) is 13.8 Å². The highest BCUT2D eigenvalue weighted by molar-refractivity contribution is 6.11. The summed E-state index contributed by atoms with van der Waals surface area (Å²) in [4.78, 5) is 0. The van der Waals surface area contributed by atoms with Crippen LogP contribution in [-0.4, -0.2) is 0 Å². The van der Waals surface area contributed by atoms with Crippen molar-refractivity contribution >= 4 is 21.9 Å². The van der Waals surface area contributed by atoms with Crippen molar-refractivity contribution in [3.8, 4) is 11.3 Å². The van der Waals surface area contributed by atoms with Crippen LogP contribution in [0.1, 0.15) is 36.5 Å². The van der Waals surface area contributed by atoms with Crippen molar-refractivity contribution in [2.45, 2.75) is 33.6 Å². The number of rotatable bonds is 2. The lowest BCUT2D eigenvalue weighted by molar-refractivity contribution is -0.660. The van der Waals surface area contributed by atoms with Gasteiger partial charge in [0.1, 0.15) is 24.3 Å². The molecule has 4 heteroatoms. The zero-order valence-corrected chi connectivity index (χ0v) is 16.2. The standard InChI is InChI=1S/C23H22F2NO/c1-12(2)15-6-7-26(5)18(10-15)20-14(4)9-17(25)22-21-13(3)8-16(24)11-19(21)27-23(20)22/h6-12H,1-5H3/q+1. The summed E-state index contributed by atoms with van der Waals surface area (Å²) in [6, 6.07) is 8.48. The molecule has 0 N–H and O–H groups in total. The summed E-state index contributed by atoms with van der Waals surface area (Å²) >= 11 is 0. The normalized spacial score (nSPS) is 11.9. The topological polar surface area (TPSA) is 17.0 Å². The van der Waals surface area contributed by atoms with Crippen LogP contribution in [0.15, 0.2) is 40.9 Å². The van der Waals surface area contributed by atoms with E-state index in [0.29, 0.717) is 33.4 Å². The molecule has 27 heavy (non-hydrogen) atoms. The fourth-order valence-corrected chi connectivity index (χ4v) is 3.82. The number of benzene rings is 2. The Morgan fingerprint density at radius 1 is 0.963 bits per heavy atom. The average Bonchev–Trinajstić information content (AvgIpc) is 2.95. The van der Waals surface area contributed by atoms with Crippen molar-refractivity contribution in [2.75, 3.05) is 0 Å². The van der Waals surface area contributed by atoms with E-state index >= 15 is 0 Å². The predicted molar refractivity (Wildman–Crippen MR) is 104 cm³/mol. The van der Waals surface area contributed by atoms with Crippen molar-refractivity contribution in [3.05, 3.63) is 64.9 Å². The summed E-state index contributed by atoms with van der Waals surface area (Å²) in [5.41, 5.74) is 5.27. The first-order chi connectivity index (χ1) is 12.8. The van der Waals surface area contributed by atoms with Gasteiger partial charge in [0.25, 0.3) is 0 Å². The molecule has 0 aliphatic heterocycles. The molecule has 0 aliphatic rings. The van der Waals surface area contributed by atoms with Crippen molar-refractivity contribution in [1.29, 1.82) is 0 Å².